The quantitative estimate of drug-likeness (QED) is 0.684. The largest absolute Gasteiger partial charge is 0.351 e. The van der Waals surface area contributed by atoms with E-state index >= 15 is 0 Å². The second kappa shape index (κ2) is 8.59. The zero-order chi connectivity index (χ0) is 15.8. The molecule has 1 rings (SSSR count). The number of halogens is 2. The van der Waals surface area contributed by atoms with Gasteiger partial charge in [0, 0.05) is 11.6 Å². The molecular weight excluding hydrogens is 297 g/mol. The van der Waals surface area contributed by atoms with Crippen LogP contribution in [0.4, 0.5) is 10.1 Å². The molecule has 0 saturated heterocycles. The van der Waals surface area contributed by atoms with Crippen LogP contribution >= 0.6 is 11.6 Å². The molecule has 116 valence electrons. The summed E-state index contributed by atoms with van der Waals surface area (Å²) in [5.41, 5.74) is 0.0377. The predicted octanol–water partition coefficient (Wildman–Crippen LogP) is 0.459. The minimum Gasteiger partial charge on any atom is -0.351 e. The number of nitrogens with one attached hydrogen (secondary N) is 3. The van der Waals surface area contributed by atoms with E-state index in [4.69, 9.17) is 11.6 Å². The Bertz CT molecular complexity index is 511. The Morgan fingerprint density at radius 3 is 2.62 bits per heavy atom. The van der Waals surface area contributed by atoms with Gasteiger partial charge in [-0.3, -0.25) is 9.59 Å². The molecule has 0 spiro atoms. The van der Waals surface area contributed by atoms with Gasteiger partial charge < -0.3 is 15.5 Å². The van der Waals surface area contributed by atoms with Crippen LogP contribution in [0.3, 0.4) is 0 Å². The molecule has 0 radical (unpaired) electrons. The smallest absolute Gasteiger partial charge is 0.279 e. The number of anilines is 1. The summed E-state index contributed by atoms with van der Waals surface area (Å²) in [5.74, 6) is -1.04. The third kappa shape index (κ3) is 6.55. The lowest BCUT2D eigenvalue weighted by Gasteiger charge is -2.14. The van der Waals surface area contributed by atoms with Crippen molar-refractivity contribution in [3.63, 3.8) is 0 Å². The number of hydrogen-bond donors (Lipinski definition) is 3. The first-order valence-corrected chi connectivity index (χ1v) is 7.13. The number of rotatable bonds is 7. The third-order valence-corrected chi connectivity index (χ3v) is 2.93. The van der Waals surface area contributed by atoms with Crippen LogP contribution in [-0.2, 0) is 9.59 Å². The lowest BCUT2D eigenvalue weighted by molar-refractivity contribution is -0.862. The summed E-state index contributed by atoms with van der Waals surface area (Å²) in [6.07, 6.45) is 0.860. The second-order valence-corrected chi connectivity index (χ2v) is 5.27. The SMILES string of the molecule is CCCNC(=O)C[NH+](C)CC(=O)Nc1cc(Cl)ccc1F. The van der Waals surface area contributed by atoms with Gasteiger partial charge in [0.15, 0.2) is 13.1 Å². The highest BCUT2D eigenvalue weighted by atomic mass is 35.5. The number of likely N-dealkylation sites (N-methyl/N-ethyl adjacent to an activating group) is 1. The van der Waals surface area contributed by atoms with Crippen molar-refractivity contribution in [1.82, 2.24) is 5.32 Å². The van der Waals surface area contributed by atoms with Crippen molar-refractivity contribution in [2.24, 2.45) is 0 Å². The highest BCUT2D eigenvalue weighted by Gasteiger charge is 2.15. The van der Waals surface area contributed by atoms with Crippen LogP contribution in [0.15, 0.2) is 18.2 Å². The van der Waals surface area contributed by atoms with Gasteiger partial charge in [-0.2, -0.15) is 0 Å². The van der Waals surface area contributed by atoms with Crippen LogP contribution < -0.4 is 15.5 Å². The molecule has 0 bridgehead atoms. The van der Waals surface area contributed by atoms with Crippen molar-refractivity contribution in [3.8, 4) is 0 Å². The summed E-state index contributed by atoms with van der Waals surface area (Å²) in [7, 11) is 1.72. The number of quaternary nitrogens is 1. The average Bonchev–Trinajstić information content (AvgIpc) is 2.40. The van der Waals surface area contributed by atoms with Gasteiger partial charge in [-0.25, -0.2) is 4.39 Å². The Balaban J connectivity index is 2.46. The average molecular weight is 317 g/mol. The molecule has 0 heterocycles. The van der Waals surface area contributed by atoms with Crippen LogP contribution in [-0.4, -0.2) is 38.5 Å². The van der Waals surface area contributed by atoms with Gasteiger partial charge in [-0.05, 0) is 24.6 Å². The fourth-order valence-electron chi connectivity index (χ4n) is 1.73. The highest BCUT2D eigenvalue weighted by Crippen LogP contribution is 2.19. The van der Waals surface area contributed by atoms with E-state index in [1.165, 1.54) is 18.2 Å². The Morgan fingerprint density at radius 1 is 1.29 bits per heavy atom. The summed E-state index contributed by atoms with van der Waals surface area (Å²) in [6, 6.07) is 3.94. The Labute approximate surface area is 128 Å². The molecule has 0 aliphatic carbocycles. The van der Waals surface area contributed by atoms with Crippen LogP contribution in [0, 0.1) is 5.82 Å². The topological polar surface area (TPSA) is 62.6 Å². The van der Waals surface area contributed by atoms with Crippen LogP contribution in [0.2, 0.25) is 5.02 Å². The molecule has 21 heavy (non-hydrogen) atoms. The number of carbonyl (C=O) groups is 2. The first-order valence-electron chi connectivity index (χ1n) is 6.75. The molecule has 3 N–H and O–H groups in total. The Morgan fingerprint density at radius 2 is 1.95 bits per heavy atom. The summed E-state index contributed by atoms with van der Waals surface area (Å²) in [5, 5.41) is 5.52. The molecule has 7 heteroatoms. The van der Waals surface area contributed by atoms with Crippen molar-refractivity contribution in [1.29, 1.82) is 0 Å². The molecule has 1 atom stereocenters. The molecule has 1 aromatic rings. The van der Waals surface area contributed by atoms with Gasteiger partial charge in [0.1, 0.15) is 5.82 Å². The first kappa shape index (κ1) is 17.4. The monoisotopic (exact) mass is 316 g/mol. The van der Waals surface area contributed by atoms with E-state index < -0.39 is 5.82 Å². The summed E-state index contributed by atoms with van der Waals surface area (Å²) in [6.45, 7) is 2.83. The number of hydrogen-bond acceptors (Lipinski definition) is 2. The maximum Gasteiger partial charge on any atom is 0.279 e. The molecular formula is C14H20ClFN3O2+. The minimum absolute atomic E-state index is 0.0377. The molecule has 0 saturated carbocycles. The number of benzene rings is 1. The van der Waals surface area contributed by atoms with Crippen LogP contribution in [0.5, 0.6) is 0 Å². The zero-order valence-electron chi connectivity index (χ0n) is 12.1. The molecule has 0 aromatic heterocycles. The van der Waals surface area contributed by atoms with Crippen LogP contribution in [0.1, 0.15) is 13.3 Å². The predicted molar refractivity (Wildman–Crippen MR) is 80.0 cm³/mol. The highest BCUT2D eigenvalue weighted by molar-refractivity contribution is 6.30. The molecule has 0 aliphatic heterocycles. The fourth-order valence-corrected chi connectivity index (χ4v) is 1.90. The summed E-state index contributed by atoms with van der Waals surface area (Å²) >= 11 is 5.75. The normalized spacial score (nSPS) is 11.8. The lowest BCUT2D eigenvalue weighted by atomic mass is 10.3. The molecule has 1 unspecified atom stereocenters. The first-order chi connectivity index (χ1) is 9.92. The van der Waals surface area contributed by atoms with E-state index in [0.29, 0.717) is 16.5 Å². The Hall–Kier alpha value is -1.66. The zero-order valence-corrected chi connectivity index (χ0v) is 12.9. The second-order valence-electron chi connectivity index (χ2n) is 4.83. The number of carbonyl (C=O) groups excluding carboxylic acids is 2. The van der Waals surface area contributed by atoms with Gasteiger partial charge in [-0.1, -0.05) is 18.5 Å². The van der Waals surface area contributed by atoms with E-state index in [-0.39, 0.29) is 30.6 Å². The van der Waals surface area contributed by atoms with Crippen molar-refractivity contribution in [2.45, 2.75) is 13.3 Å². The molecule has 5 nitrogen and oxygen atoms in total. The molecule has 0 aliphatic rings. The standard InChI is InChI=1S/C14H19ClFN3O2/c1-3-6-17-13(20)8-19(2)9-14(21)18-12-7-10(15)4-5-11(12)16/h4-5,7H,3,6,8-9H2,1-2H3,(H,17,20)(H,18,21)/p+1. The lowest BCUT2D eigenvalue weighted by Crippen LogP contribution is -3.11. The van der Waals surface area contributed by atoms with E-state index in [9.17, 15) is 14.0 Å². The molecule has 2 amide bonds. The molecule has 0 fully saturated rings. The summed E-state index contributed by atoms with van der Waals surface area (Å²) in [4.78, 5) is 24.0. The van der Waals surface area contributed by atoms with Gasteiger partial charge in [0.05, 0.1) is 12.7 Å². The van der Waals surface area contributed by atoms with E-state index in [1.54, 1.807) is 7.05 Å². The van der Waals surface area contributed by atoms with Crippen LogP contribution in [0.25, 0.3) is 0 Å². The van der Waals surface area contributed by atoms with Gasteiger partial charge in [0.2, 0.25) is 0 Å². The van der Waals surface area contributed by atoms with E-state index in [2.05, 4.69) is 10.6 Å². The van der Waals surface area contributed by atoms with Crippen molar-refractivity contribution >= 4 is 29.1 Å². The van der Waals surface area contributed by atoms with Crippen molar-refractivity contribution < 1.29 is 18.9 Å². The van der Waals surface area contributed by atoms with Gasteiger partial charge >= 0.3 is 0 Å². The van der Waals surface area contributed by atoms with E-state index in [0.717, 1.165) is 6.42 Å². The van der Waals surface area contributed by atoms with E-state index in [1.807, 2.05) is 6.92 Å². The fraction of sp³-hybridized carbons (Fsp3) is 0.429. The summed E-state index contributed by atoms with van der Waals surface area (Å²) < 4.78 is 13.5. The minimum atomic E-state index is -0.550. The van der Waals surface area contributed by atoms with Crippen molar-refractivity contribution in [3.05, 3.63) is 29.0 Å². The van der Waals surface area contributed by atoms with Gasteiger partial charge in [-0.15, -0.1) is 0 Å². The van der Waals surface area contributed by atoms with Gasteiger partial charge in [0.25, 0.3) is 11.8 Å². The van der Waals surface area contributed by atoms with Crippen molar-refractivity contribution in [2.75, 3.05) is 32.0 Å². The molecule has 1 aromatic carbocycles. The maximum atomic E-state index is 13.5. The Kier molecular flexibility index (Phi) is 7.11. The third-order valence-electron chi connectivity index (χ3n) is 2.70. The maximum absolute atomic E-state index is 13.5. The number of amides is 2.